The molecule has 0 aromatic rings. The Morgan fingerprint density at radius 2 is 0.750 bits per heavy atom. The Hall–Kier alpha value is -1.59. The van der Waals surface area contributed by atoms with E-state index in [0.717, 1.165) is 44.9 Å². The van der Waals surface area contributed by atoms with Crippen LogP contribution in [0.4, 0.5) is 0 Å². The van der Waals surface area contributed by atoms with Gasteiger partial charge in [-0.05, 0) is 44.9 Å². The number of carbonyl (C=O) groups is 1. The minimum Gasteiger partial charge on any atom is -0.394 e. The van der Waals surface area contributed by atoms with Crippen molar-refractivity contribution in [1.82, 2.24) is 5.32 Å². The summed E-state index contributed by atoms with van der Waals surface area (Å²) in [5, 5.41) is 54.6. The molecule has 1 aliphatic heterocycles. The van der Waals surface area contributed by atoms with E-state index in [1.807, 2.05) is 6.08 Å². The molecule has 1 saturated heterocycles. The van der Waals surface area contributed by atoms with E-state index in [2.05, 4.69) is 43.5 Å². The van der Waals surface area contributed by atoms with Crippen LogP contribution >= 0.6 is 0 Å². The minimum atomic E-state index is -1.57. The molecule has 0 aromatic carbocycles. The van der Waals surface area contributed by atoms with Gasteiger partial charge < -0.3 is 40.3 Å². The SMILES string of the molecule is CCCCCCCCCCCC/C=C/CC/C=C/CC/C=C/C(O)C(COC1OC(CO)C(O)C(O)C1O)NC(=O)CCCCCCCCCCCCCCCCCCCCCCCCCCCCCCCCCCC. The molecule has 9 heteroatoms. The molecular weight excluding hydrogens is 947 g/mol. The first-order valence-corrected chi connectivity index (χ1v) is 33.2. The number of nitrogens with one attached hydrogen (secondary N) is 1. The number of unbranched alkanes of at least 4 members (excludes halogenated alkanes) is 44. The fourth-order valence-electron chi connectivity index (χ4n) is 10.7. The number of hydrogen-bond donors (Lipinski definition) is 6. The fraction of sp³-hybridized carbons (Fsp3) is 0.896. The first kappa shape index (κ1) is 72.4. The highest BCUT2D eigenvalue weighted by atomic mass is 16.7. The van der Waals surface area contributed by atoms with Crippen LogP contribution in [0.3, 0.4) is 0 Å². The van der Waals surface area contributed by atoms with Crippen LogP contribution in [0.15, 0.2) is 36.5 Å². The number of rotatable bonds is 58. The van der Waals surface area contributed by atoms with Crippen molar-refractivity contribution in [2.45, 2.75) is 371 Å². The third-order valence-electron chi connectivity index (χ3n) is 15.9. The summed E-state index contributed by atoms with van der Waals surface area (Å²) in [4.78, 5) is 13.1. The molecule has 1 aliphatic rings. The van der Waals surface area contributed by atoms with Crippen LogP contribution in [0.25, 0.3) is 0 Å². The molecule has 448 valence electrons. The van der Waals surface area contributed by atoms with E-state index in [9.17, 15) is 30.3 Å². The summed E-state index contributed by atoms with van der Waals surface area (Å²) in [5.74, 6) is -0.184. The van der Waals surface area contributed by atoms with E-state index >= 15 is 0 Å². The van der Waals surface area contributed by atoms with E-state index in [-0.39, 0.29) is 12.5 Å². The predicted octanol–water partition coefficient (Wildman–Crippen LogP) is 17.5. The molecule has 0 spiro atoms. The summed E-state index contributed by atoms with van der Waals surface area (Å²) in [5.41, 5.74) is 0. The van der Waals surface area contributed by atoms with Gasteiger partial charge in [0, 0.05) is 6.42 Å². The number of aliphatic hydroxyl groups is 5. The van der Waals surface area contributed by atoms with Crippen molar-refractivity contribution >= 4 is 5.91 Å². The highest BCUT2D eigenvalue weighted by molar-refractivity contribution is 5.76. The quantitative estimate of drug-likeness (QED) is 0.0261. The van der Waals surface area contributed by atoms with E-state index in [0.29, 0.717) is 6.42 Å². The molecule has 1 fully saturated rings. The molecule has 1 heterocycles. The van der Waals surface area contributed by atoms with Gasteiger partial charge in [0.1, 0.15) is 24.4 Å². The van der Waals surface area contributed by atoms with Crippen LogP contribution in [-0.4, -0.2) is 87.5 Å². The van der Waals surface area contributed by atoms with Gasteiger partial charge >= 0.3 is 0 Å². The highest BCUT2D eigenvalue weighted by Crippen LogP contribution is 2.23. The van der Waals surface area contributed by atoms with Gasteiger partial charge in [-0.1, -0.05) is 314 Å². The molecule has 1 amide bonds. The lowest BCUT2D eigenvalue weighted by atomic mass is 9.99. The van der Waals surface area contributed by atoms with E-state index in [1.54, 1.807) is 6.08 Å². The molecule has 0 radical (unpaired) electrons. The summed E-state index contributed by atoms with van der Waals surface area (Å²) < 4.78 is 11.3. The smallest absolute Gasteiger partial charge is 0.220 e. The molecular formula is C67H127NO8. The largest absolute Gasteiger partial charge is 0.394 e. The average Bonchev–Trinajstić information content (AvgIpc) is 3.42. The molecule has 9 nitrogen and oxygen atoms in total. The highest BCUT2D eigenvalue weighted by Gasteiger charge is 2.44. The van der Waals surface area contributed by atoms with Crippen LogP contribution in [0.1, 0.15) is 328 Å². The number of hydrogen-bond acceptors (Lipinski definition) is 8. The lowest BCUT2D eigenvalue weighted by molar-refractivity contribution is -0.302. The second kappa shape index (κ2) is 56.7. The number of amides is 1. The van der Waals surface area contributed by atoms with Crippen LogP contribution < -0.4 is 5.32 Å². The Labute approximate surface area is 470 Å². The van der Waals surface area contributed by atoms with Crippen molar-refractivity contribution in [3.63, 3.8) is 0 Å². The monoisotopic (exact) mass is 1070 g/mol. The fourth-order valence-corrected chi connectivity index (χ4v) is 10.7. The lowest BCUT2D eigenvalue weighted by Gasteiger charge is -2.40. The molecule has 76 heavy (non-hydrogen) atoms. The van der Waals surface area contributed by atoms with Crippen molar-refractivity contribution < 1.29 is 39.8 Å². The van der Waals surface area contributed by atoms with Crippen molar-refractivity contribution in [2.75, 3.05) is 13.2 Å². The number of allylic oxidation sites excluding steroid dienone is 5. The summed E-state index contributed by atoms with van der Waals surface area (Å²) in [6, 6.07) is -0.827. The summed E-state index contributed by atoms with van der Waals surface area (Å²) in [7, 11) is 0. The summed E-state index contributed by atoms with van der Waals surface area (Å²) in [6.07, 6.45) is 68.2. The molecule has 0 bridgehead atoms. The first-order valence-electron chi connectivity index (χ1n) is 33.2. The van der Waals surface area contributed by atoms with Gasteiger partial charge in [0.25, 0.3) is 0 Å². The second-order valence-corrected chi connectivity index (χ2v) is 23.3. The maximum Gasteiger partial charge on any atom is 0.220 e. The van der Waals surface area contributed by atoms with Crippen molar-refractivity contribution in [3.8, 4) is 0 Å². The zero-order valence-electron chi connectivity index (χ0n) is 50.0. The predicted molar refractivity (Wildman–Crippen MR) is 323 cm³/mol. The summed E-state index contributed by atoms with van der Waals surface area (Å²) >= 11 is 0. The Bertz CT molecular complexity index is 1290. The normalized spacial score (nSPS) is 19.0. The van der Waals surface area contributed by atoms with Crippen LogP contribution in [0.5, 0.6) is 0 Å². The van der Waals surface area contributed by atoms with Crippen molar-refractivity contribution in [1.29, 1.82) is 0 Å². The zero-order valence-corrected chi connectivity index (χ0v) is 50.0. The lowest BCUT2D eigenvalue weighted by Crippen LogP contribution is -2.60. The molecule has 7 unspecified atom stereocenters. The van der Waals surface area contributed by atoms with Crippen molar-refractivity contribution in [3.05, 3.63) is 36.5 Å². The maximum atomic E-state index is 13.1. The van der Waals surface area contributed by atoms with Gasteiger partial charge in [-0.3, -0.25) is 4.79 Å². The van der Waals surface area contributed by atoms with E-state index in [1.165, 1.54) is 263 Å². The van der Waals surface area contributed by atoms with E-state index in [4.69, 9.17) is 9.47 Å². The molecule has 7 atom stereocenters. The zero-order chi connectivity index (χ0) is 55.0. The Morgan fingerprint density at radius 1 is 0.434 bits per heavy atom. The number of ether oxygens (including phenoxy) is 2. The van der Waals surface area contributed by atoms with Crippen LogP contribution in [0, 0.1) is 0 Å². The van der Waals surface area contributed by atoms with Gasteiger partial charge in [0.15, 0.2) is 6.29 Å². The third-order valence-corrected chi connectivity index (χ3v) is 15.9. The first-order chi connectivity index (χ1) is 37.3. The molecule has 0 aliphatic carbocycles. The molecule has 1 rings (SSSR count). The number of aliphatic hydroxyl groups excluding tert-OH is 5. The van der Waals surface area contributed by atoms with Crippen LogP contribution in [-0.2, 0) is 14.3 Å². The molecule has 0 saturated carbocycles. The van der Waals surface area contributed by atoms with Gasteiger partial charge in [-0.15, -0.1) is 0 Å². The Morgan fingerprint density at radius 3 is 1.11 bits per heavy atom. The van der Waals surface area contributed by atoms with Gasteiger partial charge in [-0.2, -0.15) is 0 Å². The average molecular weight is 1070 g/mol. The maximum absolute atomic E-state index is 13.1. The topological polar surface area (TPSA) is 149 Å². The second-order valence-electron chi connectivity index (χ2n) is 23.3. The van der Waals surface area contributed by atoms with Gasteiger partial charge in [0.05, 0.1) is 25.4 Å². The van der Waals surface area contributed by atoms with E-state index < -0.39 is 49.5 Å². The minimum absolute atomic E-state index is 0.184. The van der Waals surface area contributed by atoms with Gasteiger partial charge in [-0.25, -0.2) is 0 Å². The third kappa shape index (κ3) is 45.2. The Kier molecular flexibility index (Phi) is 54.0. The van der Waals surface area contributed by atoms with Gasteiger partial charge in [0.2, 0.25) is 5.91 Å². The number of carbonyl (C=O) groups excluding carboxylic acids is 1. The van der Waals surface area contributed by atoms with Crippen LogP contribution in [0.2, 0.25) is 0 Å². The molecule has 0 aromatic heterocycles. The standard InChI is InChI=1S/C67H127NO8/c1-3-5-7-9-11-13-15-17-19-21-23-25-26-27-28-29-30-31-32-33-34-35-36-37-39-41-43-45-47-49-51-53-55-57-63(71)68-60(59-75-67-66(74)65(73)64(72)62(58-69)76-67)61(70)56-54-52-50-48-46-44-42-40-38-24-22-20-18-16-14-12-10-8-6-4-2/h38,40,46,48,54,56,60-62,64-67,69-70,72-74H,3-37,39,41-45,47,49-53,55,57-59H2,1-2H3,(H,68,71)/b40-38+,48-46+,56-54+. The van der Waals surface area contributed by atoms with Crippen molar-refractivity contribution in [2.24, 2.45) is 0 Å². The Balaban J connectivity index is 2.13. The molecule has 6 N–H and O–H groups in total. The summed E-state index contributed by atoms with van der Waals surface area (Å²) in [6.45, 7) is 3.80.